The summed E-state index contributed by atoms with van der Waals surface area (Å²) in [6.07, 6.45) is -0.870. The number of aromatic nitrogens is 2. The summed E-state index contributed by atoms with van der Waals surface area (Å²) < 4.78 is 6.16. The van der Waals surface area contributed by atoms with Gasteiger partial charge in [-0.05, 0) is 19.9 Å². The smallest absolute Gasteiger partial charge is 0.360 e. The molecule has 102 valence electrons. The largest absolute Gasteiger partial charge is 0.442 e. The van der Waals surface area contributed by atoms with Crippen LogP contribution in [0.15, 0.2) is 29.1 Å². The lowest BCUT2D eigenvalue weighted by Crippen LogP contribution is -2.26. The fraction of sp³-hybridized carbons (Fsp3) is 0.286. The first kappa shape index (κ1) is 13.7. The van der Waals surface area contributed by atoms with Crippen molar-refractivity contribution in [1.29, 1.82) is 5.26 Å². The van der Waals surface area contributed by atoms with E-state index in [1.165, 1.54) is 11.6 Å². The SMILES string of the molecule is CCn1nc(C(=O)OC(C)C#N)c2ccccc2c1=O. The predicted molar refractivity (Wildman–Crippen MR) is 72.2 cm³/mol. The zero-order valence-electron chi connectivity index (χ0n) is 11.2. The average molecular weight is 271 g/mol. The van der Waals surface area contributed by atoms with E-state index in [0.29, 0.717) is 17.3 Å². The van der Waals surface area contributed by atoms with E-state index in [0.717, 1.165) is 0 Å². The Hall–Kier alpha value is -2.68. The molecule has 0 saturated carbocycles. The van der Waals surface area contributed by atoms with Crippen LogP contribution in [0.3, 0.4) is 0 Å². The van der Waals surface area contributed by atoms with Crippen LogP contribution in [0.25, 0.3) is 10.8 Å². The third-order valence-electron chi connectivity index (χ3n) is 2.83. The molecule has 0 amide bonds. The molecule has 0 saturated heterocycles. The summed E-state index contributed by atoms with van der Waals surface area (Å²) in [6.45, 7) is 3.57. The standard InChI is InChI=1S/C14H13N3O3/c1-3-17-13(18)11-7-5-4-6-10(11)12(16-17)14(19)20-9(2)8-15/h4-7,9H,3H2,1-2H3. The number of carbonyl (C=O) groups is 1. The summed E-state index contributed by atoms with van der Waals surface area (Å²) in [6, 6.07) is 8.52. The summed E-state index contributed by atoms with van der Waals surface area (Å²) in [7, 11) is 0. The normalized spacial score (nSPS) is 11.8. The van der Waals surface area contributed by atoms with Crippen LogP contribution in [0.1, 0.15) is 24.3 Å². The van der Waals surface area contributed by atoms with Gasteiger partial charge in [0.05, 0.1) is 5.39 Å². The molecule has 1 heterocycles. The van der Waals surface area contributed by atoms with Crippen LogP contribution in [0.2, 0.25) is 0 Å². The molecule has 0 aliphatic rings. The number of nitriles is 1. The average Bonchev–Trinajstić information content (AvgIpc) is 2.47. The van der Waals surface area contributed by atoms with Crippen LogP contribution in [-0.4, -0.2) is 21.9 Å². The third kappa shape index (κ3) is 2.38. The van der Waals surface area contributed by atoms with Gasteiger partial charge in [-0.2, -0.15) is 10.4 Å². The molecule has 0 bridgehead atoms. The van der Waals surface area contributed by atoms with Gasteiger partial charge in [0, 0.05) is 11.9 Å². The number of hydrogen-bond donors (Lipinski definition) is 0. The first-order chi connectivity index (χ1) is 9.58. The third-order valence-corrected chi connectivity index (χ3v) is 2.83. The van der Waals surface area contributed by atoms with Crippen LogP contribution in [0.5, 0.6) is 0 Å². The molecule has 0 fully saturated rings. The highest BCUT2D eigenvalue weighted by Crippen LogP contribution is 2.14. The highest BCUT2D eigenvalue weighted by Gasteiger charge is 2.19. The van der Waals surface area contributed by atoms with Crippen molar-refractivity contribution < 1.29 is 9.53 Å². The van der Waals surface area contributed by atoms with Gasteiger partial charge in [-0.15, -0.1) is 0 Å². The molecule has 1 aromatic carbocycles. The van der Waals surface area contributed by atoms with E-state index < -0.39 is 12.1 Å². The van der Waals surface area contributed by atoms with Crippen molar-refractivity contribution in [3.63, 3.8) is 0 Å². The molecule has 1 unspecified atom stereocenters. The van der Waals surface area contributed by atoms with Gasteiger partial charge in [-0.1, -0.05) is 18.2 Å². The maximum atomic E-state index is 12.1. The number of benzene rings is 1. The number of aryl methyl sites for hydroxylation is 1. The Morgan fingerprint density at radius 2 is 2.10 bits per heavy atom. The van der Waals surface area contributed by atoms with Gasteiger partial charge in [0.2, 0.25) is 0 Å². The molecule has 6 nitrogen and oxygen atoms in total. The molecule has 1 atom stereocenters. The lowest BCUT2D eigenvalue weighted by atomic mass is 10.1. The van der Waals surface area contributed by atoms with E-state index in [1.807, 2.05) is 6.07 Å². The fourth-order valence-electron chi connectivity index (χ4n) is 1.84. The zero-order chi connectivity index (χ0) is 14.7. The minimum Gasteiger partial charge on any atom is -0.442 e. The Morgan fingerprint density at radius 3 is 2.70 bits per heavy atom. The number of ether oxygens (including phenoxy) is 1. The van der Waals surface area contributed by atoms with Crippen molar-refractivity contribution >= 4 is 16.7 Å². The van der Waals surface area contributed by atoms with Crippen LogP contribution >= 0.6 is 0 Å². The monoisotopic (exact) mass is 271 g/mol. The number of rotatable bonds is 3. The van der Waals surface area contributed by atoms with E-state index in [-0.39, 0.29) is 11.3 Å². The van der Waals surface area contributed by atoms with Gasteiger partial charge >= 0.3 is 5.97 Å². The molecule has 2 rings (SSSR count). The molecule has 0 spiro atoms. The molecule has 0 aliphatic heterocycles. The van der Waals surface area contributed by atoms with Gasteiger partial charge in [0.25, 0.3) is 5.56 Å². The van der Waals surface area contributed by atoms with E-state index >= 15 is 0 Å². The summed E-state index contributed by atoms with van der Waals surface area (Å²) in [5, 5.41) is 13.5. The summed E-state index contributed by atoms with van der Waals surface area (Å²) in [5.41, 5.74) is -0.211. The van der Waals surface area contributed by atoms with Gasteiger partial charge in [0.1, 0.15) is 6.07 Å². The van der Waals surface area contributed by atoms with E-state index in [4.69, 9.17) is 10.00 Å². The minimum absolute atomic E-state index is 0.0455. The van der Waals surface area contributed by atoms with Crippen molar-refractivity contribution in [1.82, 2.24) is 9.78 Å². The Labute approximate surface area is 115 Å². The summed E-state index contributed by atoms with van der Waals surface area (Å²) in [5.74, 6) is -0.711. The Morgan fingerprint density at radius 1 is 1.45 bits per heavy atom. The second-order valence-electron chi connectivity index (χ2n) is 4.19. The fourth-order valence-corrected chi connectivity index (χ4v) is 1.84. The maximum Gasteiger partial charge on any atom is 0.360 e. The van der Waals surface area contributed by atoms with Crippen LogP contribution < -0.4 is 5.56 Å². The Bertz CT molecular complexity index is 758. The van der Waals surface area contributed by atoms with Crippen molar-refractivity contribution in [3.05, 3.63) is 40.3 Å². The van der Waals surface area contributed by atoms with Crippen LogP contribution in [0, 0.1) is 11.3 Å². The maximum absolute atomic E-state index is 12.1. The first-order valence-corrected chi connectivity index (χ1v) is 6.19. The van der Waals surface area contributed by atoms with E-state index in [2.05, 4.69) is 5.10 Å². The first-order valence-electron chi connectivity index (χ1n) is 6.19. The minimum atomic E-state index is -0.870. The molecule has 0 aliphatic carbocycles. The summed E-state index contributed by atoms with van der Waals surface area (Å²) in [4.78, 5) is 24.2. The topological polar surface area (TPSA) is 85.0 Å². The van der Waals surface area contributed by atoms with Gasteiger partial charge < -0.3 is 4.74 Å². The molecule has 0 N–H and O–H groups in total. The van der Waals surface area contributed by atoms with E-state index in [1.54, 1.807) is 31.2 Å². The molecule has 2 aromatic rings. The van der Waals surface area contributed by atoms with Gasteiger partial charge in [-0.25, -0.2) is 9.48 Å². The molecule has 1 aromatic heterocycles. The zero-order valence-corrected chi connectivity index (χ0v) is 11.2. The van der Waals surface area contributed by atoms with Gasteiger partial charge in [0.15, 0.2) is 11.8 Å². The van der Waals surface area contributed by atoms with Crippen molar-refractivity contribution in [2.75, 3.05) is 0 Å². The lowest BCUT2D eigenvalue weighted by molar-refractivity contribution is 0.0428. The highest BCUT2D eigenvalue weighted by atomic mass is 16.5. The number of esters is 1. The Balaban J connectivity index is 2.64. The predicted octanol–water partition coefficient (Wildman–Crippen LogP) is 1.49. The van der Waals surface area contributed by atoms with Gasteiger partial charge in [-0.3, -0.25) is 4.79 Å². The molecule has 20 heavy (non-hydrogen) atoms. The second kappa shape index (κ2) is 5.53. The molecular weight excluding hydrogens is 258 g/mol. The van der Waals surface area contributed by atoms with Crippen molar-refractivity contribution in [3.8, 4) is 6.07 Å². The number of hydrogen-bond acceptors (Lipinski definition) is 5. The number of carbonyl (C=O) groups excluding carboxylic acids is 1. The summed E-state index contributed by atoms with van der Waals surface area (Å²) >= 11 is 0. The molecular formula is C14H13N3O3. The number of fused-ring (bicyclic) bond motifs is 1. The molecule has 0 radical (unpaired) electrons. The van der Waals surface area contributed by atoms with Crippen LogP contribution in [-0.2, 0) is 11.3 Å². The van der Waals surface area contributed by atoms with Crippen LogP contribution in [0.4, 0.5) is 0 Å². The second-order valence-corrected chi connectivity index (χ2v) is 4.19. The number of nitrogens with zero attached hydrogens (tertiary/aromatic N) is 3. The van der Waals surface area contributed by atoms with E-state index in [9.17, 15) is 9.59 Å². The lowest BCUT2D eigenvalue weighted by Gasteiger charge is -2.10. The quantitative estimate of drug-likeness (QED) is 0.789. The van der Waals surface area contributed by atoms with Crippen molar-refractivity contribution in [2.45, 2.75) is 26.5 Å². The molecule has 6 heteroatoms. The van der Waals surface area contributed by atoms with Crippen molar-refractivity contribution in [2.24, 2.45) is 0 Å². The highest BCUT2D eigenvalue weighted by molar-refractivity contribution is 6.02. The Kier molecular flexibility index (Phi) is 3.80.